The van der Waals surface area contributed by atoms with Gasteiger partial charge in [-0.05, 0) is 12.8 Å². The Balaban J connectivity index is 2.75. The summed E-state index contributed by atoms with van der Waals surface area (Å²) in [4.78, 5) is 0. The molecule has 0 bridgehead atoms. The maximum atomic E-state index is 12.4. The van der Waals surface area contributed by atoms with Crippen LogP contribution in [0.25, 0.3) is 0 Å². The second-order valence-electron chi connectivity index (χ2n) is 3.74. The largest absolute Gasteiger partial charge is 0.417 e. The van der Waals surface area contributed by atoms with Gasteiger partial charge in [0, 0.05) is 12.5 Å². The maximum Gasteiger partial charge on any atom is 0.417 e. The van der Waals surface area contributed by atoms with Crippen molar-refractivity contribution in [2.24, 2.45) is 5.73 Å². The van der Waals surface area contributed by atoms with E-state index in [9.17, 15) is 18.3 Å². The van der Waals surface area contributed by atoms with Crippen LogP contribution in [0.2, 0.25) is 0 Å². The Morgan fingerprint density at radius 2 is 1.92 bits per heavy atom. The van der Waals surface area contributed by atoms with Crippen LogP contribution in [0.1, 0.15) is 32.1 Å². The highest BCUT2D eigenvalue weighted by molar-refractivity contribution is 4.91. The fraction of sp³-hybridized carbons (Fsp3) is 1.00. The Kier molecular flexibility index (Phi) is 2.87. The average molecular weight is 197 g/mol. The van der Waals surface area contributed by atoms with E-state index >= 15 is 0 Å². The lowest BCUT2D eigenvalue weighted by Gasteiger charge is -2.30. The molecule has 78 valence electrons. The molecule has 1 saturated carbocycles. The van der Waals surface area contributed by atoms with Gasteiger partial charge in [0.1, 0.15) is 0 Å². The number of hydrogen-bond donors (Lipinski definition) is 2. The van der Waals surface area contributed by atoms with Crippen molar-refractivity contribution in [2.45, 2.75) is 49.9 Å². The molecular formula is C8H14F3NO. The Labute approximate surface area is 74.9 Å². The molecule has 0 spiro atoms. The van der Waals surface area contributed by atoms with Gasteiger partial charge in [-0.15, -0.1) is 0 Å². The number of nitrogens with two attached hydrogens (primary N) is 1. The van der Waals surface area contributed by atoms with Crippen molar-refractivity contribution in [1.29, 1.82) is 0 Å². The first-order valence-electron chi connectivity index (χ1n) is 4.40. The predicted molar refractivity (Wildman–Crippen MR) is 42.1 cm³/mol. The summed E-state index contributed by atoms with van der Waals surface area (Å²) >= 11 is 0. The third-order valence-corrected chi connectivity index (χ3v) is 2.54. The molecule has 0 saturated heterocycles. The van der Waals surface area contributed by atoms with Crippen molar-refractivity contribution < 1.29 is 18.3 Å². The van der Waals surface area contributed by atoms with Crippen molar-refractivity contribution in [3.63, 3.8) is 0 Å². The molecule has 3 N–H and O–H groups in total. The zero-order valence-electron chi connectivity index (χ0n) is 7.27. The summed E-state index contributed by atoms with van der Waals surface area (Å²) in [5.41, 5.74) is 2.89. The van der Waals surface area contributed by atoms with Gasteiger partial charge in [0.2, 0.25) is 0 Å². The van der Waals surface area contributed by atoms with E-state index in [4.69, 9.17) is 5.73 Å². The summed E-state index contributed by atoms with van der Waals surface area (Å²) in [5.74, 6) is 0. The quantitative estimate of drug-likeness (QED) is 0.579. The summed E-state index contributed by atoms with van der Waals surface area (Å²) in [6.45, 7) is 0. The van der Waals surface area contributed by atoms with E-state index < -0.39 is 17.8 Å². The first-order valence-corrected chi connectivity index (χ1v) is 4.40. The average Bonchev–Trinajstić information content (AvgIpc) is 2.10. The van der Waals surface area contributed by atoms with E-state index in [-0.39, 0.29) is 12.8 Å². The molecule has 2 atom stereocenters. The maximum absolute atomic E-state index is 12.4. The Bertz CT molecular complexity index is 183. The van der Waals surface area contributed by atoms with Crippen LogP contribution in [0.5, 0.6) is 0 Å². The lowest BCUT2D eigenvalue weighted by molar-refractivity contribution is -0.265. The normalized spacial score (nSPS) is 37.2. The highest BCUT2D eigenvalue weighted by Crippen LogP contribution is 2.39. The third-order valence-electron chi connectivity index (χ3n) is 2.54. The van der Waals surface area contributed by atoms with Gasteiger partial charge in [0.05, 0.1) is 0 Å². The van der Waals surface area contributed by atoms with Crippen molar-refractivity contribution >= 4 is 0 Å². The Morgan fingerprint density at radius 1 is 1.31 bits per heavy atom. The van der Waals surface area contributed by atoms with E-state index in [2.05, 4.69) is 0 Å². The molecule has 2 nitrogen and oxygen atoms in total. The van der Waals surface area contributed by atoms with E-state index in [0.29, 0.717) is 19.3 Å². The van der Waals surface area contributed by atoms with Gasteiger partial charge < -0.3 is 10.8 Å². The molecule has 1 rings (SSSR count). The standard InChI is InChI=1S/C8H14F3NO/c9-8(10,11)7(13)4-2-1-3-6(12)5-7/h6,13H,1-5,12H2. The second kappa shape index (κ2) is 3.46. The van der Waals surface area contributed by atoms with Crippen molar-refractivity contribution in [3.05, 3.63) is 0 Å². The number of halogens is 3. The summed E-state index contributed by atoms with van der Waals surface area (Å²) in [5, 5.41) is 9.35. The predicted octanol–water partition coefficient (Wildman–Crippen LogP) is 1.57. The molecule has 0 heterocycles. The number of aliphatic hydroxyl groups is 1. The zero-order valence-corrected chi connectivity index (χ0v) is 7.27. The molecule has 1 fully saturated rings. The topological polar surface area (TPSA) is 46.2 Å². The summed E-state index contributed by atoms with van der Waals surface area (Å²) < 4.78 is 37.1. The van der Waals surface area contributed by atoms with Gasteiger partial charge in [0.25, 0.3) is 0 Å². The molecule has 0 aromatic carbocycles. The number of hydrogen-bond acceptors (Lipinski definition) is 2. The molecule has 13 heavy (non-hydrogen) atoms. The van der Waals surface area contributed by atoms with E-state index in [0.717, 1.165) is 0 Å². The van der Waals surface area contributed by atoms with Crippen LogP contribution in [0, 0.1) is 0 Å². The highest BCUT2D eigenvalue weighted by Gasteiger charge is 2.53. The van der Waals surface area contributed by atoms with Crippen molar-refractivity contribution in [2.75, 3.05) is 0 Å². The monoisotopic (exact) mass is 197 g/mol. The van der Waals surface area contributed by atoms with Crippen LogP contribution < -0.4 is 5.73 Å². The van der Waals surface area contributed by atoms with Crippen LogP contribution in [-0.2, 0) is 0 Å². The minimum atomic E-state index is -4.55. The molecule has 5 heteroatoms. The molecule has 0 radical (unpaired) electrons. The molecule has 1 aliphatic carbocycles. The van der Waals surface area contributed by atoms with Crippen LogP contribution in [0.4, 0.5) is 13.2 Å². The van der Waals surface area contributed by atoms with Gasteiger partial charge in [-0.25, -0.2) is 0 Å². The molecule has 0 aromatic rings. The second-order valence-corrected chi connectivity index (χ2v) is 3.74. The molecule has 2 unspecified atom stereocenters. The zero-order chi connectivity index (χ0) is 10.1. The molecule has 0 amide bonds. The van der Waals surface area contributed by atoms with Crippen molar-refractivity contribution in [1.82, 2.24) is 0 Å². The van der Waals surface area contributed by atoms with Gasteiger partial charge in [0.15, 0.2) is 5.60 Å². The minimum absolute atomic E-state index is 0.218. The molecule has 0 aromatic heterocycles. The van der Waals surface area contributed by atoms with Gasteiger partial charge >= 0.3 is 6.18 Å². The fourth-order valence-corrected chi connectivity index (χ4v) is 1.72. The molecular weight excluding hydrogens is 183 g/mol. The van der Waals surface area contributed by atoms with Crippen LogP contribution in [0.3, 0.4) is 0 Å². The lowest BCUT2D eigenvalue weighted by Crippen LogP contribution is -2.48. The van der Waals surface area contributed by atoms with Gasteiger partial charge in [-0.1, -0.05) is 12.8 Å². The third kappa shape index (κ3) is 2.34. The van der Waals surface area contributed by atoms with Crippen LogP contribution in [0.15, 0.2) is 0 Å². The van der Waals surface area contributed by atoms with E-state index in [1.807, 2.05) is 0 Å². The van der Waals surface area contributed by atoms with E-state index in [1.165, 1.54) is 0 Å². The number of alkyl halides is 3. The minimum Gasteiger partial charge on any atom is -0.380 e. The lowest BCUT2D eigenvalue weighted by atomic mass is 9.92. The summed E-state index contributed by atoms with van der Waals surface area (Å²) in [7, 11) is 0. The van der Waals surface area contributed by atoms with E-state index in [1.54, 1.807) is 0 Å². The van der Waals surface area contributed by atoms with Crippen LogP contribution in [-0.4, -0.2) is 22.9 Å². The molecule has 1 aliphatic rings. The van der Waals surface area contributed by atoms with Gasteiger partial charge in [-0.3, -0.25) is 0 Å². The first kappa shape index (κ1) is 10.8. The van der Waals surface area contributed by atoms with Crippen LogP contribution >= 0.6 is 0 Å². The summed E-state index contributed by atoms with van der Waals surface area (Å²) in [6, 6.07) is -0.533. The number of rotatable bonds is 0. The smallest absolute Gasteiger partial charge is 0.380 e. The fourth-order valence-electron chi connectivity index (χ4n) is 1.72. The summed E-state index contributed by atoms with van der Waals surface area (Å²) in [6.07, 6.45) is -3.50. The molecule has 0 aliphatic heterocycles. The highest BCUT2D eigenvalue weighted by atomic mass is 19.4. The van der Waals surface area contributed by atoms with Crippen molar-refractivity contribution in [3.8, 4) is 0 Å². The van der Waals surface area contributed by atoms with Gasteiger partial charge in [-0.2, -0.15) is 13.2 Å². The first-order chi connectivity index (χ1) is 5.85. The Morgan fingerprint density at radius 3 is 2.46 bits per heavy atom. The Hall–Kier alpha value is -0.290. The SMILES string of the molecule is NC1CCCCC(O)(C(F)(F)F)C1.